The summed E-state index contributed by atoms with van der Waals surface area (Å²) in [5.74, 6) is -1.79. The summed E-state index contributed by atoms with van der Waals surface area (Å²) >= 11 is 5.88. The van der Waals surface area contributed by atoms with E-state index in [0.29, 0.717) is 5.56 Å². The summed E-state index contributed by atoms with van der Waals surface area (Å²) in [4.78, 5) is 22.8. The number of hydrogen-bond donors (Lipinski definition) is 2. The lowest BCUT2D eigenvalue weighted by Gasteiger charge is -2.22. The van der Waals surface area contributed by atoms with Crippen molar-refractivity contribution >= 4 is 23.7 Å². The van der Waals surface area contributed by atoms with Gasteiger partial charge in [0.15, 0.2) is 0 Å². The van der Waals surface area contributed by atoms with Gasteiger partial charge in [-0.2, -0.15) is 0 Å². The van der Waals surface area contributed by atoms with E-state index in [0.717, 1.165) is 6.07 Å². The monoisotopic (exact) mass is 317 g/mol. The third-order valence-corrected chi connectivity index (χ3v) is 2.79. The minimum absolute atomic E-state index is 0.148. The van der Waals surface area contributed by atoms with Crippen LogP contribution in [0.4, 0.5) is 9.18 Å². The van der Waals surface area contributed by atoms with Gasteiger partial charge in [0.05, 0.1) is 0 Å². The number of carbonyl (C=O) groups excluding carboxylic acids is 1. The Morgan fingerprint density at radius 1 is 1.43 bits per heavy atom. The quantitative estimate of drug-likeness (QED) is 0.895. The van der Waals surface area contributed by atoms with Crippen molar-refractivity contribution in [3.05, 3.63) is 34.6 Å². The third kappa shape index (κ3) is 5.99. The first-order valence-corrected chi connectivity index (χ1v) is 6.62. The van der Waals surface area contributed by atoms with Gasteiger partial charge in [-0.15, -0.1) is 0 Å². The summed E-state index contributed by atoms with van der Waals surface area (Å²) in [5.41, 5.74) is -0.455. The highest BCUT2D eigenvalue weighted by atomic mass is 35.5. The molecule has 1 unspecified atom stereocenters. The van der Waals surface area contributed by atoms with Gasteiger partial charge in [-0.25, -0.2) is 14.0 Å². The zero-order valence-corrected chi connectivity index (χ0v) is 12.7. The van der Waals surface area contributed by atoms with Gasteiger partial charge in [0.25, 0.3) is 0 Å². The van der Waals surface area contributed by atoms with Crippen molar-refractivity contribution in [2.75, 3.05) is 0 Å². The lowest BCUT2D eigenvalue weighted by atomic mass is 10.1. The molecule has 1 aromatic rings. The Kier molecular flexibility index (Phi) is 5.54. The zero-order chi connectivity index (χ0) is 16.2. The maximum absolute atomic E-state index is 13.2. The molecule has 1 atom stereocenters. The Labute approximate surface area is 127 Å². The number of carbonyl (C=O) groups is 2. The van der Waals surface area contributed by atoms with Crippen LogP contribution in [0.1, 0.15) is 26.3 Å². The first kappa shape index (κ1) is 17.2. The number of rotatable bonds is 4. The van der Waals surface area contributed by atoms with E-state index in [1.54, 1.807) is 20.8 Å². The largest absolute Gasteiger partial charge is 0.480 e. The molecule has 0 saturated heterocycles. The molecule has 0 aliphatic heterocycles. The van der Waals surface area contributed by atoms with Gasteiger partial charge in [0.1, 0.15) is 17.5 Å². The molecular formula is C14H17ClFNO4. The molecule has 5 nitrogen and oxygen atoms in total. The van der Waals surface area contributed by atoms with E-state index in [-0.39, 0.29) is 11.4 Å². The standard InChI is InChI=1S/C14H17ClFNO4/c1-14(2,3)21-13(20)17-11(12(18)19)7-8-6-9(16)4-5-10(8)15/h4-6,11H,7H2,1-3H3,(H,17,20)(H,18,19). The first-order chi connectivity index (χ1) is 9.58. The minimum Gasteiger partial charge on any atom is -0.480 e. The molecule has 2 N–H and O–H groups in total. The lowest BCUT2D eigenvalue weighted by Crippen LogP contribution is -2.44. The highest BCUT2D eigenvalue weighted by Gasteiger charge is 2.25. The van der Waals surface area contributed by atoms with Gasteiger partial charge in [0, 0.05) is 11.4 Å². The highest BCUT2D eigenvalue weighted by Crippen LogP contribution is 2.19. The highest BCUT2D eigenvalue weighted by molar-refractivity contribution is 6.31. The predicted octanol–water partition coefficient (Wildman–Crippen LogP) is 3.00. The van der Waals surface area contributed by atoms with Crippen LogP contribution in [0.5, 0.6) is 0 Å². The number of nitrogens with one attached hydrogen (secondary N) is 1. The number of halogens is 2. The Hall–Kier alpha value is -1.82. The van der Waals surface area contributed by atoms with Crippen molar-refractivity contribution in [1.82, 2.24) is 5.32 Å². The molecule has 0 spiro atoms. The fourth-order valence-electron chi connectivity index (χ4n) is 1.57. The number of carboxylic acid groups (broad SMARTS) is 1. The van der Waals surface area contributed by atoms with E-state index in [1.165, 1.54) is 12.1 Å². The summed E-state index contributed by atoms with van der Waals surface area (Å²) in [6.07, 6.45) is -1.01. The number of hydrogen-bond acceptors (Lipinski definition) is 3. The molecule has 0 aliphatic rings. The molecular weight excluding hydrogens is 301 g/mol. The molecule has 0 fully saturated rings. The summed E-state index contributed by atoms with van der Waals surface area (Å²) in [5, 5.41) is 11.6. The minimum atomic E-state index is -1.26. The Morgan fingerprint density at radius 3 is 2.57 bits per heavy atom. The molecule has 1 aromatic carbocycles. The van der Waals surface area contributed by atoms with Crippen LogP contribution in [0.15, 0.2) is 18.2 Å². The van der Waals surface area contributed by atoms with Gasteiger partial charge in [0.2, 0.25) is 0 Å². The molecule has 0 aliphatic carbocycles. The fraction of sp³-hybridized carbons (Fsp3) is 0.429. The van der Waals surface area contributed by atoms with E-state index in [2.05, 4.69) is 5.32 Å². The van der Waals surface area contributed by atoms with Crippen LogP contribution in [0.2, 0.25) is 5.02 Å². The number of carboxylic acids is 1. The van der Waals surface area contributed by atoms with Crippen molar-refractivity contribution < 1.29 is 23.8 Å². The first-order valence-electron chi connectivity index (χ1n) is 6.25. The van der Waals surface area contributed by atoms with E-state index < -0.39 is 29.5 Å². The second kappa shape index (κ2) is 6.76. The van der Waals surface area contributed by atoms with E-state index in [4.69, 9.17) is 21.4 Å². The molecule has 116 valence electrons. The molecule has 7 heteroatoms. The van der Waals surface area contributed by atoms with Gasteiger partial charge in [-0.3, -0.25) is 0 Å². The summed E-state index contributed by atoms with van der Waals surface area (Å²) in [6.45, 7) is 4.98. The normalized spacial score (nSPS) is 12.6. The van der Waals surface area contributed by atoms with Crippen molar-refractivity contribution in [2.45, 2.75) is 38.8 Å². The molecule has 1 amide bonds. The second-order valence-electron chi connectivity index (χ2n) is 5.48. The van der Waals surface area contributed by atoms with Crippen LogP contribution in [-0.4, -0.2) is 28.8 Å². The van der Waals surface area contributed by atoms with E-state index in [9.17, 15) is 14.0 Å². The number of aliphatic carboxylic acids is 1. The third-order valence-electron chi connectivity index (χ3n) is 2.42. The number of alkyl carbamates (subject to hydrolysis) is 1. The van der Waals surface area contributed by atoms with Crippen LogP contribution in [-0.2, 0) is 16.0 Å². The van der Waals surface area contributed by atoms with Crippen molar-refractivity contribution in [2.24, 2.45) is 0 Å². The maximum atomic E-state index is 13.2. The second-order valence-corrected chi connectivity index (χ2v) is 5.88. The van der Waals surface area contributed by atoms with Gasteiger partial charge < -0.3 is 15.2 Å². The summed E-state index contributed by atoms with van der Waals surface area (Å²) < 4.78 is 18.2. The van der Waals surface area contributed by atoms with Crippen molar-refractivity contribution in [1.29, 1.82) is 0 Å². The molecule has 1 rings (SSSR count). The van der Waals surface area contributed by atoms with Crippen LogP contribution >= 0.6 is 11.6 Å². The molecule has 0 heterocycles. The molecule has 21 heavy (non-hydrogen) atoms. The van der Waals surface area contributed by atoms with Crippen LogP contribution in [0.25, 0.3) is 0 Å². The lowest BCUT2D eigenvalue weighted by molar-refractivity contribution is -0.139. The van der Waals surface area contributed by atoms with Crippen molar-refractivity contribution in [3.8, 4) is 0 Å². The van der Waals surface area contributed by atoms with Crippen LogP contribution in [0, 0.1) is 5.82 Å². The molecule has 0 aromatic heterocycles. The zero-order valence-electron chi connectivity index (χ0n) is 11.9. The average Bonchev–Trinajstić information content (AvgIpc) is 2.30. The SMILES string of the molecule is CC(C)(C)OC(=O)NC(Cc1cc(F)ccc1Cl)C(=O)O. The summed E-state index contributed by atoms with van der Waals surface area (Å²) in [6, 6.07) is 2.37. The fourth-order valence-corrected chi connectivity index (χ4v) is 1.76. The molecule has 0 radical (unpaired) electrons. The molecule has 0 saturated carbocycles. The summed E-state index contributed by atoms with van der Waals surface area (Å²) in [7, 11) is 0. The maximum Gasteiger partial charge on any atom is 0.408 e. The van der Waals surface area contributed by atoms with Gasteiger partial charge >= 0.3 is 12.1 Å². The Morgan fingerprint density at radius 2 is 2.05 bits per heavy atom. The van der Waals surface area contributed by atoms with E-state index >= 15 is 0 Å². The Bertz CT molecular complexity index is 542. The predicted molar refractivity (Wildman–Crippen MR) is 75.9 cm³/mol. The number of amides is 1. The van der Waals surface area contributed by atoms with Crippen LogP contribution < -0.4 is 5.32 Å². The Balaban J connectivity index is 2.81. The van der Waals surface area contributed by atoms with Crippen LogP contribution in [0.3, 0.4) is 0 Å². The average molecular weight is 318 g/mol. The topological polar surface area (TPSA) is 75.6 Å². The van der Waals surface area contributed by atoms with Crippen molar-refractivity contribution in [3.63, 3.8) is 0 Å². The molecule has 0 bridgehead atoms. The van der Waals surface area contributed by atoms with Gasteiger partial charge in [-0.1, -0.05) is 11.6 Å². The smallest absolute Gasteiger partial charge is 0.408 e. The van der Waals surface area contributed by atoms with Gasteiger partial charge in [-0.05, 0) is 44.5 Å². The number of benzene rings is 1. The van der Waals surface area contributed by atoms with E-state index in [1.807, 2.05) is 0 Å². The number of ether oxygens (including phenoxy) is 1.